The number of rotatable bonds is 13. The van der Waals surface area contributed by atoms with Gasteiger partial charge in [-0.2, -0.15) is 0 Å². The van der Waals surface area contributed by atoms with Crippen molar-refractivity contribution in [2.24, 2.45) is 17.4 Å². The predicted octanol–water partition coefficient (Wildman–Crippen LogP) is -1.90. The Morgan fingerprint density at radius 2 is 1.61 bits per heavy atom. The molecule has 0 aliphatic rings. The monoisotopic (exact) mass is 504 g/mol. The Morgan fingerprint density at radius 3 is 2.19 bits per heavy atom. The van der Waals surface area contributed by atoms with Crippen LogP contribution in [0.25, 0.3) is 10.9 Å². The second kappa shape index (κ2) is 12.7. The number of aromatic nitrogens is 1. The predicted molar refractivity (Wildman–Crippen MR) is 129 cm³/mol. The van der Waals surface area contributed by atoms with Gasteiger partial charge in [0.1, 0.15) is 18.1 Å². The number of para-hydroxylation sites is 1. The Kier molecular flexibility index (Phi) is 9.93. The number of carboxylic acids is 1. The van der Waals surface area contributed by atoms with E-state index in [1.54, 1.807) is 20.0 Å². The summed E-state index contributed by atoms with van der Waals surface area (Å²) in [5.74, 6) is -5.08. The number of aromatic amines is 1. The molecule has 36 heavy (non-hydrogen) atoms. The molecule has 2 rings (SSSR count). The molecule has 0 spiro atoms. The number of carbonyl (C=O) groups excluding carboxylic acids is 4. The van der Waals surface area contributed by atoms with Gasteiger partial charge in [0, 0.05) is 23.5 Å². The first-order valence-corrected chi connectivity index (χ1v) is 11.3. The molecule has 2 aromatic rings. The number of aliphatic hydroxyl groups excluding tert-OH is 1. The molecule has 4 unspecified atom stereocenters. The van der Waals surface area contributed by atoms with Crippen molar-refractivity contribution in [2.75, 3.05) is 6.61 Å². The van der Waals surface area contributed by atoms with E-state index in [0.29, 0.717) is 5.56 Å². The lowest BCUT2D eigenvalue weighted by Crippen LogP contribution is -2.59. The van der Waals surface area contributed by atoms with Crippen molar-refractivity contribution >= 4 is 40.5 Å². The number of hydrogen-bond acceptors (Lipinski definition) is 7. The molecule has 0 fully saturated rings. The maximum Gasteiger partial charge on any atom is 0.326 e. The molecule has 1 heterocycles. The molecule has 1 aromatic heterocycles. The molecule has 10 N–H and O–H groups in total. The smallest absolute Gasteiger partial charge is 0.326 e. The summed E-state index contributed by atoms with van der Waals surface area (Å²) < 4.78 is 0. The maximum atomic E-state index is 13.0. The van der Waals surface area contributed by atoms with Crippen molar-refractivity contribution < 1.29 is 34.2 Å². The van der Waals surface area contributed by atoms with E-state index < -0.39 is 72.7 Å². The van der Waals surface area contributed by atoms with Crippen LogP contribution >= 0.6 is 0 Å². The third-order valence-electron chi connectivity index (χ3n) is 5.53. The van der Waals surface area contributed by atoms with Crippen LogP contribution in [-0.4, -0.2) is 75.6 Å². The molecule has 13 heteroatoms. The van der Waals surface area contributed by atoms with E-state index in [9.17, 15) is 34.2 Å². The maximum absolute atomic E-state index is 13.0. The van der Waals surface area contributed by atoms with Gasteiger partial charge in [0.05, 0.1) is 19.1 Å². The number of aliphatic hydroxyl groups is 1. The standard InChI is InChI=1S/C23H32N6O7/c1-11(2)19(29-21(33)17(10-30)28-20(32)14(24)8-18(25)31)22(34)27-16(23(35)36)7-12-9-26-15-6-4-3-5-13(12)15/h3-6,9,11,14,16-17,19,26,30H,7-8,10,24H2,1-2H3,(H2,25,31)(H,27,34)(H,28,32)(H,29,33)(H,35,36). The van der Waals surface area contributed by atoms with Crippen molar-refractivity contribution in [3.05, 3.63) is 36.0 Å². The topological polar surface area (TPSA) is 230 Å². The summed E-state index contributed by atoms with van der Waals surface area (Å²) in [6, 6.07) is 2.08. The van der Waals surface area contributed by atoms with Gasteiger partial charge in [-0.05, 0) is 17.5 Å². The highest BCUT2D eigenvalue weighted by Gasteiger charge is 2.32. The molecule has 0 bridgehead atoms. The summed E-state index contributed by atoms with van der Waals surface area (Å²) in [5, 5.41) is 27.2. The van der Waals surface area contributed by atoms with Crippen LogP contribution in [0.2, 0.25) is 0 Å². The molecule has 0 saturated carbocycles. The van der Waals surface area contributed by atoms with Crippen molar-refractivity contribution in [2.45, 2.75) is 50.9 Å². The summed E-state index contributed by atoms with van der Waals surface area (Å²) in [4.78, 5) is 63.6. The molecule has 0 aliphatic heterocycles. The van der Waals surface area contributed by atoms with E-state index >= 15 is 0 Å². The Labute approximate surface area is 207 Å². The third kappa shape index (κ3) is 7.52. The van der Waals surface area contributed by atoms with Crippen LogP contribution in [-0.2, 0) is 30.4 Å². The van der Waals surface area contributed by atoms with Crippen LogP contribution in [0.3, 0.4) is 0 Å². The van der Waals surface area contributed by atoms with E-state index in [1.807, 2.05) is 24.3 Å². The van der Waals surface area contributed by atoms with Gasteiger partial charge < -0.3 is 42.6 Å². The van der Waals surface area contributed by atoms with Gasteiger partial charge in [0.25, 0.3) is 0 Å². The van der Waals surface area contributed by atoms with Crippen LogP contribution in [0.4, 0.5) is 0 Å². The molecular weight excluding hydrogens is 472 g/mol. The number of nitrogens with two attached hydrogens (primary N) is 2. The van der Waals surface area contributed by atoms with Gasteiger partial charge in [-0.25, -0.2) is 4.79 Å². The first-order chi connectivity index (χ1) is 16.9. The molecule has 1 aromatic carbocycles. The van der Waals surface area contributed by atoms with E-state index in [1.165, 1.54) is 0 Å². The minimum atomic E-state index is -1.47. The number of amides is 4. The molecule has 4 atom stereocenters. The van der Waals surface area contributed by atoms with Gasteiger partial charge in [-0.3, -0.25) is 19.2 Å². The Hall–Kier alpha value is -3.97. The van der Waals surface area contributed by atoms with Crippen LogP contribution in [0.1, 0.15) is 25.8 Å². The average molecular weight is 505 g/mol. The molecule has 4 amide bonds. The zero-order valence-electron chi connectivity index (χ0n) is 20.0. The van der Waals surface area contributed by atoms with Gasteiger partial charge in [-0.15, -0.1) is 0 Å². The average Bonchev–Trinajstić information content (AvgIpc) is 3.22. The highest BCUT2D eigenvalue weighted by molar-refractivity contribution is 5.95. The second-order valence-electron chi connectivity index (χ2n) is 8.71. The molecular formula is C23H32N6O7. The summed E-state index contributed by atoms with van der Waals surface area (Å²) in [5.41, 5.74) is 12.1. The fourth-order valence-electron chi connectivity index (χ4n) is 3.55. The number of aliphatic carboxylic acids is 1. The SMILES string of the molecule is CC(C)C(NC(=O)C(CO)NC(=O)C(N)CC(N)=O)C(=O)NC(Cc1c[nH]c2ccccc12)C(=O)O. The molecule has 196 valence electrons. The van der Waals surface area contributed by atoms with E-state index in [-0.39, 0.29) is 6.42 Å². The number of primary amides is 1. The summed E-state index contributed by atoms with van der Waals surface area (Å²) in [7, 11) is 0. The van der Waals surface area contributed by atoms with Crippen molar-refractivity contribution in [3.8, 4) is 0 Å². The highest BCUT2D eigenvalue weighted by Crippen LogP contribution is 2.19. The van der Waals surface area contributed by atoms with Gasteiger partial charge >= 0.3 is 5.97 Å². The van der Waals surface area contributed by atoms with Crippen LogP contribution in [0.15, 0.2) is 30.5 Å². The van der Waals surface area contributed by atoms with Gasteiger partial charge in [0.15, 0.2) is 0 Å². The van der Waals surface area contributed by atoms with E-state index in [4.69, 9.17) is 11.5 Å². The molecule has 0 aliphatic carbocycles. The van der Waals surface area contributed by atoms with Crippen molar-refractivity contribution in [3.63, 3.8) is 0 Å². The Bertz CT molecular complexity index is 1120. The fraction of sp³-hybridized carbons (Fsp3) is 0.435. The number of carboxylic acid groups (broad SMARTS) is 1. The number of hydrogen-bond donors (Lipinski definition) is 8. The normalized spacial score (nSPS) is 14.5. The van der Waals surface area contributed by atoms with Gasteiger partial charge in [-0.1, -0.05) is 32.0 Å². The summed E-state index contributed by atoms with van der Waals surface area (Å²) >= 11 is 0. The molecule has 0 saturated heterocycles. The first kappa shape index (κ1) is 28.3. The lowest BCUT2D eigenvalue weighted by molar-refractivity contribution is -0.142. The Balaban J connectivity index is 2.09. The number of nitrogens with one attached hydrogen (secondary N) is 4. The van der Waals surface area contributed by atoms with Crippen LogP contribution in [0.5, 0.6) is 0 Å². The summed E-state index contributed by atoms with van der Waals surface area (Å²) in [6.45, 7) is 2.45. The van der Waals surface area contributed by atoms with Crippen LogP contribution in [0, 0.1) is 5.92 Å². The number of H-pyrrole nitrogens is 1. The van der Waals surface area contributed by atoms with E-state index in [2.05, 4.69) is 20.9 Å². The quantitative estimate of drug-likeness (QED) is 0.153. The number of fused-ring (bicyclic) bond motifs is 1. The zero-order chi connectivity index (χ0) is 27.0. The minimum absolute atomic E-state index is 0.00305. The van der Waals surface area contributed by atoms with Crippen molar-refractivity contribution in [1.82, 2.24) is 20.9 Å². The molecule has 13 nitrogen and oxygen atoms in total. The minimum Gasteiger partial charge on any atom is -0.480 e. The highest BCUT2D eigenvalue weighted by atomic mass is 16.4. The number of benzene rings is 1. The van der Waals surface area contributed by atoms with E-state index in [0.717, 1.165) is 10.9 Å². The second-order valence-corrected chi connectivity index (χ2v) is 8.71. The van der Waals surface area contributed by atoms with Crippen LogP contribution < -0.4 is 27.4 Å². The van der Waals surface area contributed by atoms with Crippen molar-refractivity contribution in [1.29, 1.82) is 0 Å². The largest absolute Gasteiger partial charge is 0.480 e. The fourth-order valence-corrected chi connectivity index (χ4v) is 3.55. The Morgan fingerprint density at radius 1 is 0.972 bits per heavy atom. The first-order valence-electron chi connectivity index (χ1n) is 11.3. The third-order valence-corrected chi connectivity index (χ3v) is 5.53. The van der Waals surface area contributed by atoms with Gasteiger partial charge in [0.2, 0.25) is 23.6 Å². The summed E-state index contributed by atoms with van der Waals surface area (Å²) in [6.07, 6.45) is 1.21. The zero-order valence-corrected chi connectivity index (χ0v) is 20.0. The number of carbonyl (C=O) groups is 5. The lowest BCUT2D eigenvalue weighted by atomic mass is 10.0. The lowest BCUT2D eigenvalue weighted by Gasteiger charge is -2.26. The molecule has 0 radical (unpaired) electrons.